The molecule has 2 atom stereocenters. The third-order valence-corrected chi connectivity index (χ3v) is 5.68. The SMILES string of the molecule is CC(C)C(CNC(=O)C1Cc2ccccc2S1)Nc1ccccc1. The molecule has 1 amide bonds. The van der Waals surface area contributed by atoms with Gasteiger partial charge in [-0.15, -0.1) is 11.8 Å². The first kappa shape index (κ1) is 16.9. The Kier molecular flexibility index (Phi) is 5.46. The van der Waals surface area contributed by atoms with E-state index in [0.717, 1.165) is 12.1 Å². The van der Waals surface area contributed by atoms with Crippen LogP contribution >= 0.6 is 11.8 Å². The monoisotopic (exact) mass is 340 g/mol. The van der Waals surface area contributed by atoms with Crippen LogP contribution in [0.25, 0.3) is 0 Å². The van der Waals surface area contributed by atoms with Crippen molar-refractivity contribution in [2.24, 2.45) is 5.92 Å². The Morgan fingerprint density at radius 3 is 2.54 bits per heavy atom. The number of amides is 1. The fourth-order valence-electron chi connectivity index (χ4n) is 2.85. The number of carbonyl (C=O) groups is 1. The van der Waals surface area contributed by atoms with Gasteiger partial charge in [-0.05, 0) is 36.1 Å². The highest BCUT2D eigenvalue weighted by Crippen LogP contribution is 2.36. The van der Waals surface area contributed by atoms with Gasteiger partial charge in [0.15, 0.2) is 0 Å². The van der Waals surface area contributed by atoms with Crippen LogP contribution in [0.3, 0.4) is 0 Å². The van der Waals surface area contributed by atoms with E-state index in [1.54, 1.807) is 11.8 Å². The summed E-state index contributed by atoms with van der Waals surface area (Å²) in [5.41, 5.74) is 2.37. The highest BCUT2D eigenvalue weighted by atomic mass is 32.2. The molecule has 1 heterocycles. The second-order valence-corrected chi connectivity index (χ2v) is 7.77. The summed E-state index contributed by atoms with van der Waals surface area (Å²) in [5, 5.41) is 6.65. The van der Waals surface area contributed by atoms with Crippen molar-refractivity contribution in [3.63, 3.8) is 0 Å². The molecule has 0 aromatic heterocycles. The lowest BCUT2D eigenvalue weighted by Gasteiger charge is -2.24. The van der Waals surface area contributed by atoms with Crippen molar-refractivity contribution >= 4 is 23.4 Å². The summed E-state index contributed by atoms with van der Waals surface area (Å²) in [4.78, 5) is 13.8. The number of anilines is 1. The molecule has 2 aromatic carbocycles. The molecule has 1 aliphatic rings. The lowest BCUT2D eigenvalue weighted by atomic mass is 10.0. The van der Waals surface area contributed by atoms with Crippen LogP contribution in [0.2, 0.25) is 0 Å². The fraction of sp³-hybridized carbons (Fsp3) is 0.350. The number of fused-ring (bicyclic) bond motifs is 1. The van der Waals surface area contributed by atoms with E-state index in [9.17, 15) is 4.79 Å². The molecule has 0 saturated heterocycles. The van der Waals surface area contributed by atoms with Gasteiger partial charge >= 0.3 is 0 Å². The maximum Gasteiger partial charge on any atom is 0.233 e. The third-order valence-electron chi connectivity index (χ3n) is 4.37. The first-order valence-corrected chi connectivity index (χ1v) is 9.35. The average Bonchev–Trinajstić information content (AvgIpc) is 3.03. The lowest BCUT2D eigenvalue weighted by Crippen LogP contribution is -2.42. The third kappa shape index (κ3) is 4.12. The van der Waals surface area contributed by atoms with E-state index in [2.05, 4.69) is 48.7 Å². The number of benzene rings is 2. The minimum Gasteiger partial charge on any atom is -0.380 e. The smallest absolute Gasteiger partial charge is 0.233 e. The molecular formula is C20H24N2OS. The van der Waals surface area contributed by atoms with Crippen LogP contribution in [-0.4, -0.2) is 23.7 Å². The quantitative estimate of drug-likeness (QED) is 0.836. The van der Waals surface area contributed by atoms with Gasteiger partial charge in [0.05, 0.1) is 5.25 Å². The van der Waals surface area contributed by atoms with Crippen LogP contribution in [-0.2, 0) is 11.2 Å². The number of para-hydroxylation sites is 1. The van der Waals surface area contributed by atoms with Crippen LogP contribution in [0.4, 0.5) is 5.69 Å². The van der Waals surface area contributed by atoms with Gasteiger partial charge in [-0.25, -0.2) is 0 Å². The number of carbonyl (C=O) groups excluding carboxylic acids is 1. The van der Waals surface area contributed by atoms with Crippen molar-refractivity contribution in [3.05, 3.63) is 60.2 Å². The summed E-state index contributed by atoms with van der Waals surface area (Å²) in [6, 6.07) is 18.7. The zero-order chi connectivity index (χ0) is 16.9. The Balaban J connectivity index is 1.54. The molecule has 0 aliphatic carbocycles. The molecular weight excluding hydrogens is 316 g/mol. The summed E-state index contributed by atoms with van der Waals surface area (Å²) >= 11 is 1.68. The predicted molar refractivity (Wildman–Crippen MR) is 101 cm³/mol. The molecule has 0 saturated carbocycles. The second kappa shape index (κ2) is 7.75. The van der Waals surface area contributed by atoms with Crippen molar-refractivity contribution in [1.82, 2.24) is 5.32 Å². The predicted octanol–water partition coefficient (Wildman–Crippen LogP) is 3.96. The van der Waals surface area contributed by atoms with Gasteiger partial charge in [-0.1, -0.05) is 50.2 Å². The maximum atomic E-state index is 12.5. The van der Waals surface area contributed by atoms with E-state index in [1.807, 2.05) is 30.3 Å². The summed E-state index contributed by atoms with van der Waals surface area (Å²) in [6.45, 7) is 4.98. The van der Waals surface area contributed by atoms with E-state index >= 15 is 0 Å². The Hall–Kier alpha value is -1.94. The second-order valence-electron chi connectivity index (χ2n) is 6.52. The molecule has 1 aliphatic heterocycles. The molecule has 126 valence electrons. The molecule has 0 radical (unpaired) electrons. The van der Waals surface area contributed by atoms with E-state index in [4.69, 9.17) is 0 Å². The van der Waals surface area contributed by atoms with Gasteiger partial charge in [0.1, 0.15) is 0 Å². The van der Waals surface area contributed by atoms with Crippen LogP contribution in [0.1, 0.15) is 19.4 Å². The van der Waals surface area contributed by atoms with Gasteiger partial charge < -0.3 is 10.6 Å². The summed E-state index contributed by atoms with van der Waals surface area (Å²) in [5.74, 6) is 0.565. The number of hydrogen-bond donors (Lipinski definition) is 2. The minimum atomic E-state index is -0.00747. The van der Waals surface area contributed by atoms with Gasteiger partial charge in [-0.3, -0.25) is 4.79 Å². The van der Waals surface area contributed by atoms with E-state index in [1.165, 1.54) is 10.5 Å². The first-order chi connectivity index (χ1) is 11.6. The van der Waals surface area contributed by atoms with Crippen molar-refractivity contribution in [1.29, 1.82) is 0 Å². The standard InChI is InChI=1S/C20H24N2OS/c1-14(2)17(22-16-9-4-3-5-10-16)13-21-20(23)19-12-15-8-6-7-11-18(15)24-19/h3-11,14,17,19,22H,12-13H2,1-2H3,(H,21,23). The molecule has 0 bridgehead atoms. The Morgan fingerprint density at radius 1 is 1.12 bits per heavy atom. The van der Waals surface area contributed by atoms with Gasteiger partial charge in [0.25, 0.3) is 0 Å². The molecule has 0 fully saturated rings. The minimum absolute atomic E-state index is 0.00747. The van der Waals surface area contributed by atoms with Crippen molar-refractivity contribution in [2.45, 2.75) is 36.5 Å². The largest absolute Gasteiger partial charge is 0.380 e. The van der Waals surface area contributed by atoms with Crippen LogP contribution in [0.15, 0.2) is 59.5 Å². The van der Waals surface area contributed by atoms with Crippen LogP contribution in [0, 0.1) is 5.92 Å². The van der Waals surface area contributed by atoms with Gasteiger partial charge in [0, 0.05) is 23.2 Å². The lowest BCUT2D eigenvalue weighted by molar-refractivity contribution is -0.120. The number of rotatable bonds is 6. The van der Waals surface area contributed by atoms with Crippen molar-refractivity contribution in [3.8, 4) is 0 Å². The van der Waals surface area contributed by atoms with E-state index in [-0.39, 0.29) is 17.2 Å². The van der Waals surface area contributed by atoms with Crippen molar-refractivity contribution < 1.29 is 4.79 Å². The van der Waals surface area contributed by atoms with Crippen molar-refractivity contribution in [2.75, 3.05) is 11.9 Å². The Bertz CT molecular complexity index is 662. The molecule has 24 heavy (non-hydrogen) atoms. The van der Waals surface area contributed by atoms with Crippen LogP contribution in [0.5, 0.6) is 0 Å². The number of thioether (sulfide) groups is 1. The summed E-state index contributed by atoms with van der Waals surface area (Å²) in [7, 11) is 0. The molecule has 2 aromatic rings. The molecule has 3 rings (SSSR count). The summed E-state index contributed by atoms with van der Waals surface area (Å²) < 4.78 is 0. The zero-order valence-electron chi connectivity index (χ0n) is 14.2. The summed E-state index contributed by atoms with van der Waals surface area (Å²) in [6.07, 6.45) is 0.825. The zero-order valence-corrected chi connectivity index (χ0v) is 15.0. The molecule has 2 unspecified atom stereocenters. The molecule has 2 N–H and O–H groups in total. The van der Waals surface area contributed by atoms with E-state index < -0.39 is 0 Å². The molecule has 0 spiro atoms. The number of nitrogens with one attached hydrogen (secondary N) is 2. The van der Waals surface area contributed by atoms with Gasteiger partial charge in [0.2, 0.25) is 5.91 Å². The molecule has 3 nitrogen and oxygen atoms in total. The van der Waals surface area contributed by atoms with E-state index in [0.29, 0.717) is 12.5 Å². The Labute approximate surface area is 148 Å². The Morgan fingerprint density at radius 2 is 1.83 bits per heavy atom. The number of hydrogen-bond acceptors (Lipinski definition) is 3. The average molecular weight is 340 g/mol. The topological polar surface area (TPSA) is 41.1 Å². The fourth-order valence-corrected chi connectivity index (χ4v) is 4.07. The van der Waals surface area contributed by atoms with Gasteiger partial charge in [-0.2, -0.15) is 0 Å². The normalized spacial score (nSPS) is 17.4. The highest BCUT2D eigenvalue weighted by molar-refractivity contribution is 8.01. The maximum absolute atomic E-state index is 12.5. The van der Waals surface area contributed by atoms with Crippen LogP contribution < -0.4 is 10.6 Å². The molecule has 4 heteroatoms. The highest BCUT2D eigenvalue weighted by Gasteiger charge is 2.28. The first-order valence-electron chi connectivity index (χ1n) is 8.47.